The predicted octanol–water partition coefficient (Wildman–Crippen LogP) is -7.32. The van der Waals surface area contributed by atoms with Crippen LogP contribution in [0.5, 0.6) is 0 Å². The van der Waals surface area contributed by atoms with Gasteiger partial charge >= 0.3 is 59.1 Å². The molecule has 0 unspecified atom stereocenters. The van der Waals surface area contributed by atoms with E-state index in [-0.39, 0.29) is 59.1 Å². The van der Waals surface area contributed by atoms with Gasteiger partial charge in [-0.05, 0) is 0 Å². The molecule has 8 heavy (non-hydrogen) atoms. The van der Waals surface area contributed by atoms with Gasteiger partial charge in [-0.1, -0.05) is 6.92 Å². The molecular formula is C3H4Na2O2S. The Kier molecular flexibility index (Phi) is 18.1. The Bertz CT molecular complexity index is 66.3. The molecule has 0 N–H and O–H groups in total. The zero-order valence-corrected chi connectivity index (χ0v) is 10.1. The average Bonchev–Trinajstić information content (AvgIpc) is 1.36. The van der Waals surface area contributed by atoms with Crippen molar-refractivity contribution in [2.45, 2.75) is 12.2 Å². The molecule has 0 aliphatic heterocycles. The summed E-state index contributed by atoms with van der Waals surface area (Å²) in [5.41, 5.74) is 0. The van der Waals surface area contributed by atoms with E-state index in [1.807, 2.05) is 0 Å². The molecule has 0 aromatic rings. The number of carboxylic acids is 1. The third kappa shape index (κ3) is 10.7. The number of carbonyl (C=O) groups excluding carboxylic acids is 1. The topological polar surface area (TPSA) is 40.1 Å². The van der Waals surface area contributed by atoms with Crippen LogP contribution in [0.15, 0.2) is 0 Å². The summed E-state index contributed by atoms with van der Waals surface area (Å²) < 4.78 is 0. The number of hydrogen-bond acceptors (Lipinski definition) is 3. The smallest absolute Gasteiger partial charge is 0.784 e. The third-order valence-electron chi connectivity index (χ3n) is 0.332. The van der Waals surface area contributed by atoms with Crippen LogP contribution in [0.4, 0.5) is 0 Å². The zero-order chi connectivity index (χ0) is 5.15. The van der Waals surface area contributed by atoms with E-state index in [2.05, 4.69) is 12.6 Å². The quantitative estimate of drug-likeness (QED) is 0.275. The SMILES string of the molecule is C[C@H]([S-])C(=O)[O-].[Na+].[Na+]. The molecule has 0 radical (unpaired) electrons. The number of aliphatic carboxylic acids is 1. The van der Waals surface area contributed by atoms with Crippen molar-refractivity contribution in [1.82, 2.24) is 0 Å². The van der Waals surface area contributed by atoms with Gasteiger partial charge < -0.3 is 22.5 Å². The Hall–Kier alpha value is 1.82. The first-order valence-corrected chi connectivity index (χ1v) is 1.98. The predicted molar refractivity (Wildman–Crippen MR) is 21.8 cm³/mol. The molecule has 0 amide bonds. The molecule has 0 aromatic heterocycles. The van der Waals surface area contributed by atoms with Crippen molar-refractivity contribution in [3.8, 4) is 0 Å². The molecule has 0 spiro atoms. The van der Waals surface area contributed by atoms with Crippen LogP contribution in [0, 0.1) is 0 Å². The van der Waals surface area contributed by atoms with Crippen molar-refractivity contribution in [3.63, 3.8) is 0 Å². The average molecular weight is 150 g/mol. The van der Waals surface area contributed by atoms with E-state index in [9.17, 15) is 9.90 Å². The molecule has 2 nitrogen and oxygen atoms in total. The van der Waals surface area contributed by atoms with E-state index in [0.29, 0.717) is 0 Å². The van der Waals surface area contributed by atoms with Crippen molar-refractivity contribution < 1.29 is 69.0 Å². The largest absolute Gasteiger partial charge is 1.00 e. The van der Waals surface area contributed by atoms with Gasteiger partial charge in [0.15, 0.2) is 0 Å². The van der Waals surface area contributed by atoms with Crippen LogP contribution in [0.2, 0.25) is 0 Å². The second-order valence-electron chi connectivity index (χ2n) is 0.961. The van der Waals surface area contributed by atoms with Gasteiger partial charge in [0.2, 0.25) is 0 Å². The monoisotopic (exact) mass is 150 g/mol. The molecule has 0 aliphatic rings. The van der Waals surface area contributed by atoms with Crippen LogP contribution in [-0.2, 0) is 17.4 Å². The first-order valence-electron chi connectivity index (χ1n) is 1.51. The maximum atomic E-state index is 9.48. The van der Waals surface area contributed by atoms with Crippen molar-refractivity contribution in [2.24, 2.45) is 0 Å². The Labute approximate surface area is 98.4 Å². The van der Waals surface area contributed by atoms with E-state index in [1.165, 1.54) is 6.92 Å². The molecule has 0 aliphatic carbocycles. The van der Waals surface area contributed by atoms with Crippen LogP contribution < -0.4 is 64.2 Å². The summed E-state index contributed by atoms with van der Waals surface area (Å²) in [6.07, 6.45) is 0. The molecule has 0 aromatic carbocycles. The second kappa shape index (κ2) is 8.82. The fourth-order valence-corrected chi connectivity index (χ4v) is 0. The van der Waals surface area contributed by atoms with Gasteiger partial charge in [0, 0.05) is 5.97 Å². The number of rotatable bonds is 1. The minimum Gasteiger partial charge on any atom is -0.784 e. The van der Waals surface area contributed by atoms with Gasteiger partial charge in [-0.2, -0.15) is 0 Å². The summed E-state index contributed by atoms with van der Waals surface area (Å²) in [7, 11) is 0. The molecule has 0 fully saturated rings. The Morgan fingerprint density at radius 1 is 1.62 bits per heavy atom. The van der Waals surface area contributed by atoms with Crippen molar-refractivity contribution in [1.29, 1.82) is 0 Å². The Morgan fingerprint density at radius 2 is 1.75 bits per heavy atom. The maximum Gasteiger partial charge on any atom is 1.00 e. The Morgan fingerprint density at radius 3 is 1.75 bits per heavy atom. The van der Waals surface area contributed by atoms with E-state index in [0.717, 1.165) is 0 Å². The number of carbonyl (C=O) groups is 1. The molecule has 0 saturated carbocycles. The minimum absolute atomic E-state index is 0. The zero-order valence-electron chi connectivity index (χ0n) is 5.30. The minimum atomic E-state index is -1.18. The fourth-order valence-electron chi connectivity index (χ4n) is 0. The van der Waals surface area contributed by atoms with Crippen molar-refractivity contribution in [2.75, 3.05) is 0 Å². The number of hydrogen-bond donors (Lipinski definition) is 0. The molecular weight excluding hydrogens is 146 g/mol. The molecule has 0 rings (SSSR count). The molecule has 36 valence electrons. The first-order chi connectivity index (χ1) is 2.64. The summed E-state index contributed by atoms with van der Waals surface area (Å²) >= 11 is 4.24. The molecule has 5 heteroatoms. The molecule has 0 heterocycles. The summed E-state index contributed by atoms with van der Waals surface area (Å²) in [5, 5.41) is 8.72. The Balaban J connectivity index is -0.000000125. The van der Waals surface area contributed by atoms with E-state index in [4.69, 9.17) is 0 Å². The van der Waals surface area contributed by atoms with Gasteiger partial charge in [0.25, 0.3) is 0 Å². The standard InChI is InChI=1S/C3H6O2S.2Na/c1-2(6)3(4)5;;/h2,6H,1H3,(H,4,5);;/q;2*+1/p-2/t2-;;/m0../s1. The molecule has 1 atom stereocenters. The van der Waals surface area contributed by atoms with Crippen molar-refractivity contribution in [3.05, 3.63) is 0 Å². The van der Waals surface area contributed by atoms with Crippen LogP contribution in [-0.4, -0.2) is 11.2 Å². The normalized spacial score (nSPS) is 10.2. The second-order valence-corrected chi connectivity index (χ2v) is 1.67. The van der Waals surface area contributed by atoms with Gasteiger partial charge in [0.05, 0.1) is 0 Å². The van der Waals surface area contributed by atoms with E-state index in [1.54, 1.807) is 0 Å². The van der Waals surface area contributed by atoms with Crippen LogP contribution in [0.3, 0.4) is 0 Å². The third-order valence-corrected chi connectivity index (χ3v) is 0.524. The summed E-state index contributed by atoms with van der Waals surface area (Å²) in [6.45, 7) is 1.39. The van der Waals surface area contributed by atoms with Gasteiger partial charge in [0.1, 0.15) is 0 Å². The molecule has 0 saturated heterocycles. The molecule has 0 bridgehead atoms. The maximum absolute atomic E-state index is 9.48. The van der Waals surface area contributed by atoms with Gasteiger partial charge in [-0.15, -0.1) is 5.25 Å². The summed E-state index contributed by atoms with van der Waals surface area (Å²) in [5.74, 6) is -1.18. The van der Waals surface area contributed by atoms with Gasteiger partial charge in [-0.25, -0.2) is 0 Å². The van der Waals surface area contributed by atoms with Crippen LogP contribution in [0.1, 0.15) is 6.92 Å². The van der Waals surface area contributed by atoms with Gasteiger partial charge in [-0.3, -0.25) is 0 Å². The van der Waals surface area contributed by atoms with E-state index >= 15 is 0 Å². The van der Waals surface area contributed by atoms with E-state index < -0.39 is 11.2 Å². The van der Waals surface area contributed by atoms with Crippen molar-refractivity contribution >= 4 is 18.6 Å². The van der Waals surface area contributed by atoms with Crippen LogP contribution in [0.25, 0.3) is 0 Å². The summed E-state index contributed by atoms with van der Waals surface area (Å²) in [6, 6.07) is 0. The summed E-state index contributed by atoms with van der Waals surface area (Å²) in [4.78, 5) is 9.48. The van der Waals surface area contributed by atoms with Crippen LogP contribution >= 0.6 is 0 Å². The fraction of sp³-hybridized carbons (Fsp3) is 0.667. The number of carboxylic acid groups (broad SMARTS) is 1. The first kappa shape index (κ1) is 16.4.